The van der Waals surface area contributed by atoms with Crippen LogP contribution in [0.2, 0.25) is 0 Å². The molecular formula is C14H22N2O2. The molecule has 1 aliphatic heterocycles. The van der Waals surface area contributed by atoms with Crippen LogP contribution in [0.1, 0.15) is 41.6 Å². The number of furan rings is 1. The molecule has 0 radical (unpaired) electrons. The van der Waals surface area contributed by atoms with Gasteiger partial charge >= 0.3 is 0 Å². The zero-order valence-corrected chi connectivity index (χ0v) is 11.4. The van der Waals surface area contributed by atoms with E-state index in [1.165, 1.54) is 0 Å². The van der Waals surface area contributed by atoms with Crippen LogP contribution in [-0.4, -0.2) is 25.5 Å². The lowest BCUT2D eigenvalue weighted by Crippen LogP contribution is -2.42. The molecule has 0 unspecified atom stereocenters. The van der Waals surface area contributed by atoms with E-state index in [0.29, 0.717) is 12.3 Å². The summed E-state index contributed by atoms with van der Waals surface area (Å²) < 4.78 is 5.42. The van der Waals surface area contributed by atoms with Crippen LogP contribution in [-0.2, 0) is 0 Å². The molecule has 4 heteroatoms. The molecule has 0 aliphatic carbocycles. The highest BCUT2D eigenvalue weighted by molar-refractivity contribution is 5.92. The molecule has 18 heavy (non-hydrogen) atoms. The van der Waals surface area contributed by atoms with Crippen molar-refractivity contribution in [1.82, 2.24) is 10.6 Å². The van der Waals surface area contributed by atoms with E-state index in [4.69, 9.17) is 4.42 Å². The van der Waals surface area contributed by atoms with Crippen molar-refractivity contribution in [3.05, 3.63) is 23.2 Å². The number of piperidine rings is 1. The first-order valence-electron chi connectivity index (χ1n) is 6.56. The largest absolute Gasteiger partial charge is 0.456 e. The van der Waals surface area contributed by atoms with E-state index in [2.05, 4.69) is 17.6 Å². The Morgan fingerprint density at radius 3 is 2.67 bits per heavy atom. The van der Waals surface area contributed by atoms with Gasteiger partial charge in [0.05, 0.1) is 0 Å². The second-order valence-corrected chi connectivity index (χ2v) is 5.61. The molecule has 2 heterocycles. The van der Waals surface area contributed by atoms with Gasteiger partial charge in [0.2, 0.25) is 0 Å². The lowest BCUT2D eigenvalue weighted by atomic mass is 9.81. The third kappa shape index (κ3) is 2.93. The first-order valence-corrected chi connectivity index (χ1v) is 6.56. The second-order valence-electron chi connectivity index (χ2n) is 5.61. The Morgan fingerprint density at radius 1 is 1.44 bits per heavy atom. The molecule has 1 fully saturated rings. The molecule has 0 saturated carbocycles. The van der Waals surface area contributed by atoms with E-state index >= 15 is 0 Å². The van der Waals surface area contributed by atoms with Crippen molar-refractivity contribution >= 4 is 5.91 Å². The van der Waals surface area contributed by atoms with Crippen LogP contribution in [0, 0.1) is 19.3 Å². The molecule has 100 valence electrons. The van der Waals surface area contributed by atoms with Gasteiger partial charge < -0.3 is 15.1 Å². The summed E-state index contributed by atoms with van der Waals surface area (Å²) in [4.78, 5) is 12.0. The summed E-state index contributed by atoms with van der Waals surface area (Å²) in [6.45, 7) is 8.77. The molecule has 2 rings (SSSR count). The zero-order valence-electron chi connectivity index (χ0n) is 11.4. The van der Waals surface area contributed by atoms with Crippen molar-refractivity contribution in [3.8, 4) is 0 Å². The maximum absolute atomic E-state index is 12.0. The van der Waals surface area contributed by atoms with Crippen LogP contribution in [0.25, 0.3) is 0 Å². The molecule has 0 bridgehead atoms. The SMILES string of the molecule is Cc1cc(C)c(C(=O)NCC2(C)CCNCC2)o1. The summed E-state index contributed by atoms with van der Waals surface area (Å²) in [6, 6.07) is 1.89. The van der Waals surface area contributed by atoms with Gasteiger partial charge in [-0.25, -0.2) is 0 Å². The van der Waals surface area contributed by atoms with Crippen molar-refractivity contribution in [2.45, 2.75) is 33.6 Å². The highest BCUT2D eigenvalue weighted by Gasteiger charge is 2.27. The average molecular weight is 250 g/mol. The van der Waals surface area contributed by atoms with E-state index in [9.17, 15) is 4.79 Å². The van der Waals surface area contributed by atoms with E-state index in [-0.39, 0.29) is 11.3 Å². The number of hydrogen-bond donors (Lipinski definition) is 2. The van der Waals surface area contributed by atoms with Gasteiger partial charge in [0.1, 0.15) is 5.76 Å². The van der Waals surface area contributed by atoms with Crippen molar-refractivity contribution < 1.29 is 9.21 Å². The molecule has 1 aliphatic rings. The third-order valence-electron chi connectivity index (χ3n) is 3.73. The Labute approximate surface area is 108 Å². The van der Waals surface area contributed by atoms with E-state index < -0.39 is 0 Å². The van der Waals surface area contributed by atoms with E-state index in [1.807, 2.05) is 19.9 Å². The van der Waals surface area contributed by atoms with Gasteiger partial charge in [-0.05, 0) is 51.3 Å². The van der Waals surface area contributed by atoms with Crippen LogP contribution >= 0.6 is 0 Å². The zero-order chi connectivity index (χ0) is 13.2. The van der Waals surface area contributed by atoms with Gasteiger partial charge in [-0.2, -0.15) is 0 Å². The Kier molecular flexibility index (Phi) is 3.76. The maximum atomic E-state index is 12.0. The van der Waals surface area contributed by atoms with E-state index in [0.717, 1.165) is 37.3 Å². The fourth-order valence-corrected chi connectivity index (χ4v) is 2.45. The number of rotatable bonds is 3. The minimum Gasteiger partial charge on any atom is -0.456 e. The van der Waals surface area contributed by atoms with Gasteiger partial charge in [0, 0.05) is 12.1 Å². The standard InChI is InChI=1S/C14H22N2O2/c1-10-8-11(2)18-12(10)13(17)16-9-14(3)4-6-15-7-5-14/h8,15H,4-7,9H2,1-3H3,(H,16,17). The first-order chi connectivity index (χ1) is 8.50. The fraction of sp³-hybridized carbons (Fsp3) is 0.643. The Balaban J connectivity index is 1.94. The van der Waals surface area contributed by atoms with Gasteiger partial charge in [0.25, 0.3) is 5.91 Å². The number of amides is 1. The summed E-state index contributed by atoms with van der Waals surface area (Å²) >= 11 is 0. The Hall–Kier alpha value is -1.29. The number of carbonyl (C=O) groups is 1. The summed E-state index contributed by atoms with van der Waals surface area (Å²) in [6.07, 6.45) is 2.20. The van der Waals surface area contributed by atoms with Crippen LogP contribution < -0.4 is 10.6 Å². The second kappa shape index (κ2) is 5.14. The van der Waals surface area contributed by atoms with Gasteiger partial charge in [-0.3, -0.25) is 4.79 Å². The molecule has 1 aromatic heterocycles. The summed E-state index contributed by atoms with van der Waals surface area (Å²) in [5.41, 5.74) is 1.11. The summed E-state index contributed by atoms with van der Waals surface area (Å²) in [5, 5.41) is 6.34. The molecule has 2 N–H and O–H groups in total. The van der Waals surface area contributed by atoms with Crippen LogP contribution in [0.15, 0.2) is 10.5 Å². The predicted molar refractivity (Wildman–Crippen MR) is 70.7 cm³/mol. The van der Waals surface area contributed by atoms with Crippen molar-refractivity contribution in [3.63, 3.8) is 0 Å². The lowest BCUT2D eigenvalue weighted by Gasteiger charge is -2.34. The average Bonchev–Trinajstić information content (AvgIpc) is 2.67. The lowest BCUT2D eigenvalue weighted by molar-refractivity contribution is 0.0892. The molecule has 1 amide bonds. The first kappa shape index (κ1) is 13.1. The van der Waals surface area contributed by atoms with Crippen molar-refractivity contribution in [1.29, 1.82) is 0 Å². The van der Waals surface area contributed by atoms with Crippen LogP contribution in [0.3, 0.4) is 0 Å². The summed E-state index contributed by atoms with van der Waals surface area (Å²) in [5.74, 6) is 1.14. The van der Waals surface area contributed by atoms with Crippen molar-refractivity contribution in [2.24, 2.45) is 5.41 Å². The third-order valence-corrected chi connectivity index (χ3v) is 3.73. The normalized spacial score (nSPS) is 18.6. The number of aryl methyl sites for hydroxylation is 2. The highest BCUT2D eigenvalue weighted by atomic mass is 16.3. The molecule has 0 aromatic carbocycles. The molecule has 0 spiro atoms. The molecular weight excluding hydrogens is 228 g/mol. The van der Waals surface area contributed by atoms with Gasteiger partial charge in [-0.1, -0.05) is 6.92 Å². The van der Waals surface area contributed by atoms with Crippen molar-refractivity contribution in [2.75, 3.05) is 19.6 Å². The molecule has 4 nitrogen and oxygen atoms in total. The Bertz CT molecular complexity index is 431. The van der Waals surface area contributed by atoms with Crippen LogP contribution in [0.5, 0.6) is 0 Å². The van der Waals surface area contributed by atoms with Gasteiger partial charge in [-0.15, -0.1) is 0 Å². The number of hydrogen-bond acceptors (Lipinski definition) is 3. The van der Waals surface area contributed by atoms with Crippen LogP contribution in [0.4, 0.5) is 0 Å². The predicted octanol–water partition coefficient (Wildman–Crippen LogP) is 2.02. The van der Waals surface area contributed by atoms with E-state index in [1.54, 1.807) is 0 Å². The molecule has 1 aromatic rings. The monoisotopic (exact) mass is 250 g/mol. The molecule has 1 saturated heterocycles. The van der Waals surface area contributed by atoms with Gasteiger partial charge in [0.15, 0.2) is 5.76 Å². The topological polar surface area (TPSA) is 54.3 Å². The minimum atomic E-state index is -0.0969. The Morgan fingerprint density at radius 2 is 2.11 bits per heavy atom. The number of carbonyl (C=O) groups excluding carboxylic acids is 1. The molecule has 0 atom stereocenters. The smallest absolute Gasteiger partial charge is 0.287 e. The summed E-state index contributed by atoms with van der Waals surface area (Å²) in [7, 11) is 0. The highest BCUT2D eigenvalue weighted by Crippen LogP contribution is 2.26. The minimum absolute atomic E-state index is 0.0969. The fourth-order valence-electron chi connectivity index (χ4n) is 2.45. The quantitative estimate of drug-likeness (QED) is 0.863. The maximum Gasteiger partial charge on any atom is 0.287 e. The number of nitrogens with one attached hydrogen (secondary N) is 2.